The minimum atomic E-state index is -0.912. The first-order valence-electron chi connectivity index (χ1n) is 9.46. The highest BCUT2D eigenvalue weighted by Gasteiger charge is 2.38. The van der Waals surface area contributed by atoms with Gasteiger partial charge in [0.25, 0.3) is 11.8 Å². The highest BCUT2D eigenvalue weighted by molar-refractivity contribution is 6.39. The van der Waals surface area contributed by atoms with Crippen molar-refractivity contribution in [1.29, 1.82) is 0 Å². The van der Waals surface area contributed by atoms with Gasteiger partial charge in [0.05, 0.1) is 31.5 Å². The number of anilines is 1. The number of carbonyl (C=O) groups is 3. The Balaban J connectivity index is 2.08. The quantitative estimate of drug-likeness (QED) is 0.515. The fourth-order valence-electron chi connectivity index (χ4n) is 2.99. The van der Waals surface area contributed by atoms with E-state index in [1.54, 1.807) is 24.3 Å². The van der Waals surface area contributed by atoms with Gasteiger partial charge in [0.2, 0.25) is 0 Å². The summed E-state index contributed by atoms with van der Waals surface area (Å²) in [5, 5.41) is 2.42. The third kappa shape index (κ3) is 4.49. The van der Waals surface area contributed by atoms with E-state index in [0.717, 1.165) is 11.3 Å². The molecular formula is C22H21ClN2O6. The maximum atomic E-state index is 13.2. The van der Waals surface area contributed by atoms with Gasteiger partial charge in [-0.3, -0.25) is 14.9 Å². The van der Waals surface area contributed by atoms with Crippen LogP contribution in [0.3, 0.4) is 0 Å². The molecule has 162 valence electrons. The second-order valence-corrected chi connectivity index (χ2v) is 6.91. The highest BCUT2D eigenvalue weighted by atomic mass is 35.5. The topological polar surface area (TPSA) is 94.2 Å². The molecule has 0 radical (unpaired) electrons. The Bertz CT molecular complexity index is 1070. The lowest BCUT2D eigenvalue weighted by Gasteiger charge is -2.28. The number of urea groups is 1. The third-order valence-corrected chi connectivity index (χ3v) is 4.77. The van der Waals surface area contributed by atoms with Crippen LogP contribution >= 0.6 is 11.6 Å². The maximum absolute atomic E-state index is 13.2. The molecule has 3 rings (SSSR count). The smallest absolute Gasteiger partial charge is 0.336 e. The van der Waals surface area contributed by atoms with Gasteiger partial charge in [0.1, 0.15) is 22.8 Å². The van der Waals surface area contributed by atoms with Crippen molar-refractivity contribution in [3.63, 3.8) is 0 Å². The number of methoxy groups -OCH3 is 2. The Morgan fingerprint density at radius 3 is 2.42 bits per heavy atom. The average Bonchev–Trinajstić information content (AvgIpc) is 2.76. The van der Waals surface area contributed by atoms with Gasteiger partial charge in [-0.2, -0.15) is 0 Å². The van der Waals surface area contributed by atoms with Crippen molar-refractivity contribution in [3.8, 4) is 17.2 Å². The molecule has 0 bridgehead atoms. The van der Waals surface area contributed by atoms with Crippen LogP contribution in [0.25, 0.3) is 6.08 Å². The number of carbonyl (C=O) groups excluding carboxylic acids is 3. The summed E-state index contributed by atoms with van der Waals surface area (Å²) in [6.07, 6.45) is 2.19. The van der Waals surface area contributed by atoms with E-state index in [9.17, 15) is 14.4 Å². The number of nitrogens with zero attached hydrogens (tertiary/aromatic N) is 1. The lowest BCUT2D eigenvalue weighted by molar-refractivity contribution is -0.122. The van der Waals surface area contributed by atoms with E-state index in [4.69, 9.17) is 25.8 Å². The molecule has 1 heterocycles. The minimum Gasteiger partial charge on any atom is -0.495 e. The molecule has 0 aromatic heterocycles. The molecule has 0 saturated carbocycles. The van der Waals surface area contributed by atoms with Crippen molar-refractivity contribution >= 4 is 41.2 Å². The molecule has 31 heavy (non-hydrogen) atoms. The summed E-state index contributed by atoms with van der Waals surface area (Å²) in [6, 6.07) is 8.90. The van der Waals surface area contributed by atoms with E-state index in [1.807, 2.05) is 6.92 Å². The summed E-state index contributed by atoms with van der Waals surface area (Å²) in [7, 11) is 2.77. The summed E-state index contributed by atoms with van der Waals surface area (Å²) in [5.74, 6) is -0.710. The summed E-state index contributed by atoms with van der Waals surface area (Å²) in [4.78, 5) is 39.1. The number of hydrogen-bond acceptors (Lipinski definition) is 6. The summed E-state index contributed by atoms with van der Waals surface area (Å²) in [6.45, 7) is 2.45. The Labute approximate surface area is 184 Å². The van der Waals surface area contributed by atoms with Crippen LogP contribution in [0.15, 0.2) is 42.0 Å². The third-order valence-electron chi connectivity index (χ3n) is 4.48. The normalized spacial score (nSPS) is 15.2. The Hall–Kier alpha value is -3.52. The first-order chi connectivity index (χ1) is 14.9. The number of halogens is 1. The van der Waals surface area contributed by atoms with Crippen LogP contribution in [0.4, 0.5) is 10.5 Å². The molecule has 0 unspecified atom stereocenters. The molecule has 8 nitrogen and oxygen atoms in total. The molecule has 2 aromatic carbocycles. The van der Waals surface area contributed by atoms with Gasteiger partial charge in [0.15, 0.2) is 0 Å². The minimum absolute atomic E-state index is 0.0835. The van der Waals surface area contributed by atoms with Gasteiger partial charge >= 0.3 is 6.03 Å². The first kappa shape index (κ1) is 22.2. The second-order valence-electron chi connectivity index (χ2n) is 6.50. The van der Waals surface area contributed by atoms with Gasteiger partial charge in [-0.15, -0.1) is 0 Å². The predicted molar refractivity (Wildman–Crippen MR) is 116 cm³/mol. The number of amides is 4. The molecule has 9 heteroatoms. The Morgan fingerprint density at radius 1 is 1.03 bits per heavy atom. The zero-order valence-electron chi connectivity index (χ0n) is 17.2. The number of imide groups is 2. The van der Waals surface area contributed by atoms with Crippen LogP contribution < -0.4 is 24.4 Å². The molecule has 0 atom stereocenters. The van der Waals surface area contributed by atoms with Gasteiger partial charge in [-0.25, -0.2) is 9.69 Å². The van der Waals surface area contributed by atoms with E-state index >= 15 is 0 Å². The van der Waals surface area contributed by atoms with E-state index < -0.39 is 17.8 Å². The molecule has 1 saturated heterocycles. The van der Waals surface area contributed by atoms with Crippen molar-refractivity contribution < 1.29 is 28.6 Å². The fourth-order valence-corrected chi connectivity index (χ4v) is 3.22. The monoisotopic (exact) mass is 444 g/mol. The van der Waals surface area contributed by atoms with E-state index in [-0.39, 0.29) is 27.8 Å². The number of hydrogen-bond donors (Lipinski definition) is 1. The summed E-state index contributed by atoms with van der Waals surface area (Å²) < 4.78 is 16.2. The van der Waals surface area contributed by atoms with Gasteiger partial charge in [0, 0.05) is 17.7 Å². The molecule has 1 fully saturated rings. The Morgan fingerprint density at radius 2 is 1.74 bits per heavy atom. The zero-order chi connectivity index (χ0) is 22.5. The lowest BCUT2D eigenvalue weighted by Crippen LogP contribution is -2.54. The van der Waals surface area contributed by atoms with Crippen LogP contribution in [-0.2, 0) is 9.59 Å². The van der Waals surface area contributed by atoms with Crippen molar-refractivity contribution in [2.75, 3.05) is 25.7 Å². The van der Waals surface area contributed by atoms with Crippen molar-refractivity contribution in [1.82, 2.24) is 5.32 Å². The zero-order valence-corrected chi connectivity index (χ0v) is 18.0. The van der Waals surface area contributed by atoms with Crippen molar-refractivity contribution in [2.45, 2.75) is 13.3 Å². The average molecular weight is 445 g/mol. The number of benzene rings is 2. The molecular weight excluding hydrogens is 424 g/mol. The molecule has 0 spiro atoms. The predicted octanol–water partition coefficient (Wildman–Crippen LogP) is 3.81. The molecule has 4 amide bonds. The lowest BCUT2D eigenvalue weighted by atomic mass is 10.1. The van der Waals surface area contributed by atoms with Crippen LogP contribution in [0.5, 0.6) is 17.2 Å². The second kappa shape index (κ2) is 9.53. The van der Waals surface area contributed by atoms with Crippen LogP contribution in [0.2, 0.25) is 5.02 Å². The first-order valence-corrected chi connectivity index (χ1v) is 9.83. The number of rotatable bonds is 7. The fraction of sp³-hybridized carbons (Fsp3) is 0.227. The number of nitrogens with one attached hydrogen (secondary N) is 1. The van der Waals surface area contributed by atoms with Gasteiger partial charge in [-0.1, -0.05) is 36.7 Å². The van der Waals surface area contributed by atoms with E-state index in [2.05, 4.69) is 5.32 Å². The van der Waals surface area contributed by atoms with Crippen molar-refractivity contribution in [2.24, 2.45) is 0 Å². The van der Waals surface area contributed by atoms with Gasteiger partial charge in [-0.05, 0) is 18.6 Å². The summed E-state index contributed by atoms with van der Waals surface area (Å²) in [5.41, 5.74) is 0.382. The molecule has 1 N–H and O–H groups in total. The molecule has 0 aliphatic carbocycles. The molecule has 2 aromatic rings. The molecule has 1 aliphatic rings. The summed E-state index contributed by atoms with van der Waals surface area (Å²) >= 11 is 6.12. The van der Waals surface area contributed by atoms with Crippen LogP contribution in [0.1, 0.15) is 18.9 Å². The van der Waals surface area contributed by atoms with E-state index in [0.29, 0.717) is 17.9 Å². The van der Waals surface area contributed by atoms with Crippen LogP contribution in [-0.4, -0.2) is 38.7 Å². The SMILES string of the molecule is CCCOc1ccccc1/C=C1\C(=O)NC(=O)N(c2cc(OC)c(Cl)cc2OC)C1=O. The van der Waals surface area contributed by atoms with Gasteiger partial charge < -0.3 is 14.2 Å². The molecule has 1 aliphatic heterocycles. The number of para-hydroxylation sites is 1. The number of barbiturate groups is 1. The standard InChI is InChI=1S/C22H21ClN2O6/c1-4-9-31-17-8-6-5-7-13(17)10-14-20(26)24-22(28)25(21(14)27)16-12-18(29-2)15(23)11-19(16)30-3/h5-8,10-12H,4,9H2,1-3H3,(H,24,26,28)/b14-10+. The van der Waals surface area contributed by atoms with E-state index in [1.165, 1.54) is 32.4 Å². The number of ether oxygens (including phenoxy) is 3. The van der Waals surface area contributed by atoms with Crippen molar-refractivity contribution in [3.05, 3.63) is 52.6 Å². The van der Waals surface area contributed by atoms with Crippen LogP contribution in [0, 0.1) is 0 Å². The Kier molecular flexibility index (Phi) is 6.81. The highest BCUT2D eigenvalue weighted by Crippen LogP contribution is 2.39. The largest absolute Gasteiger partial charge is 0.495 e. The maximum Gasteiger partial charge on any atom is 0.336 e.